The predicted molar refractivity (Wildman–Crippen MR) is 94.0 cm³/mol. The molecule has 0 aliphatic rings. The molecule has 0 aliphatic heterocycles. The summed E-state index contributed by atoms with van der Waals surface area (Å²) in [4.78, 5) is 12.3. The molecule has 23 heavy (non-hydrogen) atoms. The third-order valence-electron chi connectivity index (χ3n) is 4.15. The van der Waals surface area contributed by atoms with Crippen LogP contribution in [0.3, 0.4) is 0 Å². The van der Waals surface area contributed by atoms with Crippen molar-refractivity contribution < 1.29 is 13.2 Å². The summed E-state index contributed by atoms with van der Waals surface area (Å²) in [5, 5.41) is 3.40. The molecule has 2 atom stereocenters. The maximum atomic E-state index is 12.3. The van der Waals surface area contributed by atoms with E-state index in [-0.39, 0.29) is 6.04 Å². The van der Waals surface area contributed by atoms with Gasteiger partial charge in [0.25, 0.3) is 0 Å². The zero-order valence-corrected chi connectivity index (χ0v) is 14.7. The number of amides is 1. The van der Waals surface area contributed by atoms with E-state index in [4.69, 9.17) is 0 Å². The Labute approximate surface area is 137 Å². The van der Waals surface area contributed by atoms with Gasteiger partial charge in [0.15, 0.2) is 9.84 Å². The second-order valence-corrected chi connectivity index (χ2v) is 8.94. The Morgan fingerprint density at radius 2 is 1.57 bits per heavy atom. The molecule has 0 bridgehead atoms. The van der Waals surface area contributed by atoms with Crippen molar-refractivity contribution >= 4 is 26.5 Å². The molecule has 2 aromatic rings. The average Bonchev–Trinajstić information content (AvgIpc) is 2.53. The van der Waals surface area contributed by atoms with Crippen LogP contribution in [0.25, 0.3) is 10.8 Å². The van der Waals surface area contributed by atoms with Gasteiger partial charge in [-0.1, -0.05) is 36.4 Å². The van der Waals surface area contributed by atoms with Gasteiger partial charge in [-0.25, -0.2) is 8.42 Å². The Morgan fingerprint density at radius 1 is 0.957 bits per heavy atom. The summed E-state index contributed by atoms with van der Waals surface area (Å²) in [5.41, 5.74) is 0.950. The molecule has 0 aliphatic carbocycles. The molecule has 1 amide bonds. The third-order valence-corrected chi connectivity index (χ3v) is 6.67. The van der Waals surface area contributed by atoms with Crippen molar-refractivity contribution in [2.24, 2.45) is 0 Å². The van der Waals surface area contributed by atoms with Crippen LogP contribution in [0.2, 0.25) is 0 Å². The molecule has 1 N–H and O–H groups in total. The van der Waals surface area contributed by atoms with Gasteiger partial charge < -0.3 is 5.32 Å². The minimum Gasteiger partial charge on any atom is -0.348 e. The normalized spacial score (nSPS) is 14.7. The first-order valence-electron chi connectivity index (χ1n) is 7.75. The second kappa shape index (κ2) is 6.71. The first-order chi connectivity index (χ1) is 10.7. The van der Waals surface area contributed by atoms with E-state index >= 15 is 0 Å². The fraction of sp³-hybridized carbons (Fsp3) is 0.389. The molecule has 0 fully saturated rings. The number of hydrogen-bond acceptors (Lipinski definition) is 3. The van der Waals surface area contributed by atoms with E-state index in [1.165, 1.54) is 6.92 Å². The first-order valence-corrected chi connectivity index (χ1v) is 9.36. The van der Waals surface area contributed by atoms with Crippen LogP contribution in [0.1, 0.15) is 39.3 Å². The number of rotatable bonds is 5. The van der Waals surface area contributed by atoms with Crippen molar-refractivity contribution in [3.05, 3.63) is 48.0 Å². The van der Waals surface area contributed by atoms with Crippen LogP contribution in [0.4, 0.5) is 0 Å². The van der Waals surface area contributed by atoms with Gasteiger partial charge >= 0.3 is 0 Å². The van der Waals surface area contributed by atoms with Crippen LogP contribution in [0, 0.1) is 0 Å². The minimum atomic E-state index is -3.45. The van der Waals surface area contributed by atoms with E-state index in [2.05, 4.69) is 5.32 Å². The van der Waals surface area contributed by atoms with Crippen molar-refractivity contribution in [2.75, 3.05) is 0 Å². The minimum absolute atomic E-state index is 0.253. The summed E-state index contributed by atoms with van der Waals surface area (Å²) in [5.74, 6) is -0.459. The molecule has 0 radical (unpaired) electrons. The Balaban J connectivity index is 2.17. The third kappa shape index (κ3) is 3.72. The molecule has 5 heteroatoms. The van der Waals surface area contributed by atoms with Crippen LogP contribution in [0.5, 0.6) is 0 Å². The SMILES string of the molecule is CC(C)S(=O)(=O)[C@H](C)C(=O)N[C@H](C)c1ccc2ccccc2c1. The average molecular weight is 333 g/mol. The Hall–Kier alpha value is -1.88. The van der Waals surface area contributed by atoms with Gasteiger partial charge in [-0.15, -0.1) is 0 Å². The van der Waals surface area contributed by atoms with Crippen LogP contribution >= 0.6 is 0 Å². The van der Waals surface area contributed by atoms with Gasteiger partial charge in [-0.3, -0.25) is 4.79 Å². The number of benzene rings is 2. The van der Waals surface area contributed by atoms with Gasteiger partial charge in [0.2, 0.25) is 5.91 Å². The zero-order chi connectivity index (χ0) is 17.2. The lowest BCUT2D eigenvalue weighted by atomic mass is 10.0. The molecule has 124 valence electrons. The van der Waals surface area contributed by atoms with E-state index in [1.54, 1.807) is 13.8 Å². The molecule has 0 aromatic heterocycles. The fourth-order valence-corrected chi connectivity index (χ4v) is 3.63. The lowest BCUT2D eigenvalue weighted by Gasteiger charge is -2.20. The fourth-order valence-electron chi connectivity index (χ4n) is 2.45. The Bertz CT molecular complexity index is 812. The van der Waals surface area contributed by atoms with Gasteiger partial charge in [-0.05, 0) is 50.1 Å². The zero-order valence-electron chi connectivity index (χ0n) is 13.9. The summed E-state index contributed by atoms with van der Waals surface area (Å²) in [6.45, 7) is 6.48. The highest BCUT2D eigenvalue weighted by molar-refractivity contribution is 7.93. The van der Waals surface area contributed by atoms with Gasteiger partial charge in [0, 0.05) is 0 Å². The first kappa shape index (κ1) is 17.5. The number of carbonyl (C=O) groups is 1. The molecule has 2 aromatic carbocycles. The van der Waals surface area contributed by atoms with Crippen molar-refractivity contribution in [3.63, 3.8) is 0 Å². The van der Waals surface area contributed by atoms with Gasteiger partial charge in [0.1, 0.15) is 5.25 Å². The summed E-state index contributed by atoms with van der Waals surface area (Å²) in [7, 11) is -3.45. The standard InChI is InChI=1S/C18H23NO3S/c1-12(2)23(21,22)14(4)18(20)19-13(3)16-10-9-15-7-5-6-8-17(15)11-16/h5-14H,1-4H3,(H,19,20)/t13-,14-/m1/s1. The number of hydrogen-bond donors (Lipinski definition) is 1. The van der Waals surface area contributed by atoms with Crippen molar-refractivity contribution in [1.82, 2.24) is 5.32 Å². The van der Waals surface area contributed by atoms with E-state index in [1.807, 2.05) is 49.4 Å². The predicted octanol–water partition coefficient (Wildman–Crippen LogP) is 3.23. The van der Waals surface area contributed by atoms with Crippen molar-refractivity contribution in [1.29, 1.82) is 0 Å². The molecule has 0 unspecified atom stereocenters. The molecule has 2 rings (SSSR count). The highest BCUT2D eigenvalue weighted by Gasteiger charge is 2.31. The number of nitrogens with one attached hydrogen (secondary N) is 1. The van der Waals surface area contributed by atoms with Gasteiger partial charge in [-0.2, -0.15) is 0 Å². The maximum absolute atomic E-state index is 12.3. The summed E-state index contributed by atoms with van der Waals surface area (Å²) in [6.07, 6.45) is 0. The van der Waals surface area contributed by atoms with E-state index in [9.17, 15) is 13.2 Å². The van der Waals surface area contributed by atoms with Crippen LogP contribution in [-0.4, -0.2) is 24.8 Å². The summed E-state index contributed by atoms with van der Waals surface area (Å²) >= 11 is 0. The summed E-state index contributed by atoms with van der Waals surface area (Å²) < 4.78 is 24.2. The van der Waals surface area contributed by atoms with Crippen molar-refractivity contribution in [3.8, 4) is 0 Å². The van der Waals surface area contributed by atoms with E-state index in [0.717, 1.165) is 16.3 Å². The molecule has 0 spiro atoms. The van der Waals surface area contributed by atoms with Crippen LogP contribution in [0.15, 0.2) is 42.5 Å². The highest BCUT2D eigenvalue weighted by atomic mass is 32.2. The monoisotopic (exact) mass is 333 g/mol. The number of fused-ring (bicyclic) bond motifs is 1. The smallest absolute Gasteiger partial charge is 0.238 e. The maximum Gasteiger partial charge on any atom is 0.238 e. The number of carbonyl (C=O) groups excluding carboxylic acids is 1. The Kier molecular flexibility index (Phi) is 5.09. The molecule has 4 nitrogen and oxygen atoms in total. The Morgan fingerprint density at radius 3 is 2.17 bits per heavy atom. The van der Waals surface area contributed by atoms with Crippen LogP contribution in [-0.2, 0) is 14.6 Å². The van der Waals surface area contributed by atoms with Gasteiger partial charge in [0.05, 0.1) is 11.3 Å². The van der Waals surface area contributed by atoms with E-state index < -0.39 is 26.2 Å². The van der Waals surface area contributed by atoms with E-state index in [0.29, 0.717) is 0 Å². The largest absolute Gasteiger partial charge is 0.348 e. The number of sulfone groups is 1. The molecule has 0 heterocycles. The summed E-state index contributed by atoms with van der Waals surface area (Å²) in [6, 6.07) is 13.7. The molecular formula is C18H23NO3S. The lowest BCUT2D eigenvalue weighted by Crippen LogP contribution is -2.41. The quantitative estimate of drug-likeness (QED) is 0.914. The molecular weight excluding hydrogens is 310 g/mol. The lowest BCUT2D eigenvalue weighted by molar-refractivity contribution is -0.121. The molecule has 0 saturated carbocycles. The topological polar surface area (TPSA) is 63.2 Å². The highest BCUT2D eigenvalue weighted by Crippen LogP contribution is 2.21. The molecule has 0 saturated heterocycles. The van der Waals surface area contributed by atoms with Crippen LogP contribution < -0.4 is 5.32 Å². The second-order valence-electron chi connectivity index (χ2n) is 6.12. The van der Waals surface area contributed by atoms with Crippen molar-refractivity contribution in [2.45, 2.75) is 44.2 Å².